The zero-order valence-electron chi connectivity index (χ0n) is 14.8. The van der Waals surface area contributed by atoms with E-state index in [-0.39, 0.29) is 18.0 Å². The number of carbonyl (C=O) groups is 1. The molecule has 1 aromatic heterocycles. The summed E-state index contributed by atoms with van der Waals surface area (Å²) in [7, 11) is 0. The molecule has 0 atom stereocenters. The summed E-state index contributed by atoms with van der Waals surface area (Å²) >= 11 is 6.19. The average Bonchev–Trinajstić information content (AvgIpc) is 2.64. The van der Waals surface area contributed by atoms with Crippen LogP contribution in [-0.4, -0.2) is 26.9 Å². The molecule has 1 heterocycles. The van der Waals surface area contributed by atoms with Gasteiger partial charge in [-0.2, -0.15) is 0 Å². The van der Waals surface area contributed by atoms with Crippen LogP contribution >= 0.6 is 11.6 Å². The first-order valence-electron chi connectivity index (χ1n) is 8.47. The number of nitrogens with zero attached hydrogens (tertiary/aromatic N) is 3. The summed E-state index contributed by atoms with van der Waals surface area (Å²) in [5, 5.41) is 1.15. The van der Waals surface area contributed by atoms with Crippen molar-refractivity contribution in [3.8, 4) is 0 Å². The number of para-hydroxylation sites is 1. The minimum absolute atomic E-state index is 0.0476. The molecule has 5 nitrogen and oxygen atoms in total. The Balaban J connectivity index is 1.84. The van der Waals surface area contributed by atoms with Crippen LogP contribution in [0.5, 0.6) is 0 Å². The van der Waals surface area contributed by atoms with Crippen LogP contribution in [0.1, 0.15) is 18.1 Å². The van der Waals surface area contributed by atoms with Crippen molar-refractivity contribution < 1.29 is 4.79 Å². The summed E-state index contributed by atoms with van der Waals surface area (Å²) in [4.78, 5) is 31.4. The van der Waals surface area contributed by atoms with E-state index in [9.17, 15) is 9.59 Å². The predicted molar refractivity (Wildman–Crippen MR) is 103 cm³/mol. The number of aryl methyl sites for hydroxylation is 1. The van der Waals surface area contributed by atoms with E-state index in [4.69, 9.17) is 11.6 Å². The molecule has 0 N–H and O–H groups in total. The zero-order chi connectivity index (χ0) is 18.7. The van der Waals surface area contributed by atoms with Crippen LogP contribution < -0.4 is 5.56 Å². The van der Waals surface area contributed by atoms with Gasteiger partial charge in [0.25, 0.3) is 5.56 Å². The zero-order valence-corrected chi connectivity index (χ0v) is 15.5. The first-order valence-corrected chi connectivity index (χ1v) is 8.85. The Kier molecular flexibility index (Phi) is 5.38. The van der Waals surface area contributed by atoms with Gasteiger partial charge >= 0.3 is 0 Å². The van der Waals surface area contributed by atoms with E-state index in [1.54, 1.807) is 17.0 Å². The molecule has 0 spiro atoms. The fourth-order valence-corrected chi connectivity index (χ4v) is 3.10. The largest absolute Gasteiger partial charge is 0.337 e. The Morgan fingerprint density at radius 3 is 2.69 bits per heavy atom. The fourth-order valence-electron chi connectivity index (χ4n) is 2.90. The third-order valence-corrected chi connectivity index (χ3v) is 4.78. The van der Waals surface area contributed by atoms with E-state index >= 15 is 0 Å². The molecule has 0 aliphatic carbocycles. The number of carbonyl (C=O) groups excluding carboxylic acids is 1. The number of halogens is 1. The molecule has 3 rings (SSSR count). The van der Waals surface area contributed by atoms with Crippen LogP contribution in [0.15, 0.2) is 53.6 Å². The van der Waals surface area contributed by atoms with Gasteiger partial charge in [0.05, 0.1) is 17.2 Å². The van der Waals surface area contributed by atoms with Gasteiger partial charge in [-0.05, 0) is 37.1 Å². The van der Waals surface area contributed by atoms with Gasteiger partial charge in [-0.15, -0.1) is 0 Å². The predicted octanol–water partition coefficient (Wildman–Crippen LogP) is 3.41. The Hall–Kier alpha value is -2.66. The van der Waals surface area contributed by atoms with Crippen molar-refractivity contribution in [2.24, 2.45) is 0 Å². The van der Waals surface area contributed by atoms with Crippen LogP contribution in [0.3, 0.4) is 0 Å². The maximum absolute atomic E-state index is 12.7. The minimum atomic E-state index is -0.208. The summed E-state index contributed by atoms with van der Waals surface area (Å²) in [6.07, 6.45) is 1.44. The summed E-state index contributed by atoms with van der Waals surface area (Å²) < 4.78 is 1.36. The highest BCUT2D eigenvalue weighted by Crippen LogP contribution is 2.17. The van der Waals surface area contributed by atoms with E-state index < -0.39 is 0 Å². The molecule has 0 unspecified atom stereocenters. The molecular formula is C20H20ClN3O2. The first-order chi connectivity index (χ1) is 12.5. The third kappa shape index (κ3) is 3.63. The van der Waals surface area contributed by atoms with Gasteiger partial charge < -0.3 is 4.90 Å². The van der Waals surface area contributed by atoms with Gasteiger partial charge in [0.1, 0.15) is 6.54 Å². The lowest BCUT2D eigenvalue weighted by atomic mass is 10.1. The lowest BCUT2D eigenvalue weighted by molar-refractivity contribution is -0.132. The molecule has 0 fully saturated rings. The molecule has 1 amide bonds. The number of amides is 1. The van der Waals surface area contributed by atoms with Crippen LogP contribution in [0.4, 0.5) is 0 Å². The average molecular weight is 370 g/mol. The second kappa shape index (κ2) is 7.70. The smallest absolute Gasteiger partial charge is 0.261 e. The molecule has 6 heteroatoms. The van der Waals surface area contributed by atoms with Crippen molar-refractivity contribution in [2.45, 2.75) is 26.9 Å². The topological polar surface area (TPSA) is 55.2 Å². The van der Waals surface area contributed by atoms with Crippen LogP contribution in [-0.2, 0) is 17.9 Å². The van der Waals surface area contributed by atoms with Crippen LogP contribution in [0.25, 0.3) is 10.9 Å². The number of aromatic nitrogens is 2. The van der Waals surface area contributed by atoms with Gasteiger partial charge in [-0.25, -0.2) is 4.98 Å². The van der Waals surface area contributed by atoms with Crippen molar-refractivity contribution in [2.75, 3.05) is 6.54 Å². The number of hydrogen-bond acceptors (Lipinski definition) is 3. The second-order valence-electron chi connectivity index (χ2n) is 6.15. The van der Waals surface area contributed by atoms with Gasteiger partial charge in [-0.3, -0.25) is 14.2 Å². The molecule has 0 radical (unpaired) electrons. The number of hydrogen-bond donors (Lipinski definition) is 0. The number of fused-ring (bicyclic) bond motifs is 1. The van der Waals surface area contributed by atoms with Crippen molar-refractivity contribution in [1.29, 1.82) is 0 Å². The van der Waals surface area contributed by atoms with Crippen molar-refractivity contribution in [3.05, 3.63) is 75.3 Å². The van der Waals surface area contributed by atoms with E-state index in [2.05, 4.69) is 4.98 Å². The maximum atomic E-state index is 12.7. The number of rotatable bonds is 5. The third-order valence-electron chi connectivity index (χ3n) is 4.41. The van der Waals surface area contributed by atoms with Crippen molar-refractivity contribution >= 4 is 28.4 Å². The van der Waals surface area contributed by atoms with E-state index in [0.717, 1.165) is 11.1 Å². The molecule has 3 aromatic rings. The van der Waals surface area contributed by atoms with Crippen LogP contribution in [0, 0.1) is 6.92 Å². The van der Waals surface area contributed by atoms with Gasteiger partial charge in [0, 0.05) is 18.1 Å². The van der Waals surface area contributed by atoms with Gasteiger partial charge in [0.15, 0.2) is 0 Å². The van der Waals surface area contributed by atoms with Crippen molar-refractivity contribution in [1.82, 2.24) is 14.5 Å². The molecule has 0 aliphatic rings. The highest BCUT2D eigenvalue weighted by atomic mass is 35.5. The monoisotopic (exact) mass is 369 g/mol. The van der Waals surface area contributed by atoms with E-state index in [0.29, 0.717) is 29.0 Å². The normalized spacial score (nSPS) is 10.9. The second-order valence-corrected chi connectivity index (χ2v) is 6.56. The molecule has 134 valence electrons. The van der Waals surface area contributed by atoms with E-state index in [1.165, 1.54) is 10.9 Å². The summed E-state index contributed by atoms with van der Waals surface area (Å²) in [6.45, 7) is 4.70. The highest BCUT2D eigenvalue weighted by Gasteiger charge is 2.16. The molecular weight excluding hydrogens is 350 g/mol. The standard InChI is InChI=1S/C20H20ClN3O2/c1-3-23(11-15-8-4-5-10-17(15)21)18(25)12-24-13-22-19-14(2)7-6-9-16(19)20(24)26/h4-10,13H,3,11-12H2,1-2H3. The molecule has 0 aliphatic heterocycles. The van der Waals surface area contributed by atoms with Crippen LogP contribution in [0.2, 0.25) is 5.02 Å². The molecule has 2 aromatic carbocycles. The SMILES string of the molecule is CCN(Cc1ccccc1Cl)C(=O)Cn1cnc2c(C)cccc2c1=O. The summed E-state index contributed by atoms with van der Waals surface area (Å²) in [5.41, 5.74) is 2.28. The molecule has 0 saturated heterocycles. The first kappa shape index (κ1) is 18.1. The fraction of sp³-hybridized carbons (Fsp3) is 0.250. The number of likely N-dealkylation sites (N-methyl/N-ethyl adjacent to an activating group) is 1. The lowest BCUT2D eigenvalue weighted by Crippen LogP contribution is -2.36. The number of benzene rings is 2. The molecule has 26 heavy (non-hydrogen) atoms. The lowest BCUT2D eigenvalue weighted by Gasteiger charge is -2.22. The Morgan fingerprint density at radius 1 is 1.19 bits per heavy atom. The van der Waals surface area contributed by atoms with E-state index in [1.807, 2.05) is 44.2 Å². The Morgan fingerprint density at radius 2 is 1.96 bits per heavy atom. The summed E-state index contributed by atoms with van der Waals surface area (Å²) in [6, 6.07) is 12.9. The van der Waals surface area contributed by atoms with Crippen molar-refractivity contribution in [3.63, 3.8) is 0 Å². The molecule has 0 bridgehead atoms. The van der Waals surface area contributed by atoms with Gasteiger partial charge in [-0.1, -0.05) is 41.9 Å². The Labute approximate surface area is 156 Å². The summed E-state index contributed by atoms with van der Waals surface area (Å²) in [5.74, 6) is -0.150. The quantitative estimate of drug-likeness (QED) is 0.692. The Bertz CT molecular complexity index is 1010. The molecule has 0 saturated carbocycles. The van der Waals surface area contributed by atoms with Gasteiger partial charge in [0.2, 0.25) is 5.91 Å². The minimum Gasteiger partial charge on any atom is -0.337 e. The maximum Gasteiger partial charge on any atom is 0.261 e. The highest BCUT2D eigenvalue weighted by molar-refractivity contribution is 6.31.